The van der Waals surface area contributed by atoms with E-state index in [1.165, 1.54) is 27.7 Å². The van der Waals surface area contributed by atoms with Crippen LogP contribution in [0.15, 0.2) is 52.3 Å². The zero-order valence-electron chi connectivity index (χ0n) is 37.7. The van der Waals surface area contributed by atoms with Gasteiger partial charge in [-0.05, 0) is 108 Å². The van der Waals surface area contributed by atoms with Gasteiger partial charge in [0.25, 0.3) is 0 Å². The molecule has 3 saturated heterocycles. The van der Waals surface area contributed by atoms with Crippen LogP contribution in [-0.2, 0) is 37.6 Å². The van der Waals surface area contributed by atoms with Gasteiger partial charge in [-0.1, -0.05) is 6.07 Å². The summed E-state index contributed by atoms with van der Waals surface area (Å²) in [5, 5.41) is 15.9. The Morgan fingerprint density at radius 1 is 1.02 bits per heavy atom. The number of halogens is 3. The number of hydrogen-bond acceptors (Lipinski definition) is 13. The van der Waals surface area contributed by atoms with E-state index in [0.29, 0.717) is 42.1 Å². The molecule has 2 aromatic heterocycles. The Bertz CT molecular complexity index is 2620. The van der Waals surface area contributed by atoms with Gasteiger partial charge in [-0.2, -0.15) is 18.2 Å². The number of imide groups is 1. The molecule has 0 spiro atoms. The second-order valence-corrected chi connectivity index (χ2v) is 20.4. The number of alkyl halides is 3. The van der Waals surface area contributed by atoms with E-state index >= 15 is 0 Å². The van der Waals surface area contributed by atoms with Gasteiger partial charge in [-0.3, -0.25) is 28.9 Å². The van der Waals surface area contributed by atoms with Gasteiger partial charge in [-0.15, -0.1) is 0 Å². The van der Waals surface area contributed by atoms with E-state index in [2.05, 4.69) is 35.1 Å². The number of aliphatic hydroxyl groups is 1. The number of ether oxygens (including phenoxy) is 1. The number of nitrogens with one attached hydrogen (secondary N) is 3. The number of piperazine rings is 1. The van der Waals surface area contributed by atoms with Crippen LogP contribution in [0.1, 0.15) is 82.4 Å². The molecule has 2 amide bonds. The molecule has 4 fully saturated rings. The highest BCUT2D eigenvalue weighted by atomic mass is 32.2. The Kier molecular flexibility index (Phi) is 13.6. The number of para-hydroxylation sites is 1. The van der Waals surface area contributed by atoms with Gasteiger partial charge in [0.15, 0.2) is 0 Å². The van der Waals surface area contributed by atoms with E-state index < -0.39 is 45.4 Å². The van der Waals surface area contributed by atoms with E-state index in [-0.39, 0.29) is 60.4 Å². The fraction of sp³-hybridized carbons (Fsp3) is 0.578. The summed E-state index contributed by atoms with van der Waals surface area (Å²) < 4.78 is 80.8. The number of piperidine rings is 2. The van der Waals surface area contributed by atoms with Crippen molar-refractivity contribution in [3.05, 3.63) is 64.2 Å². The number of β-amino-alcohol motifs (C(OH)–C–C–N with tert-alkyl or cyclic N) is 1. The van der Waals surface area contributed by atoms with Crippen molar-refractivity contribution in [2.75, 3.05) is 67.5 Å². The molecule has 2 aromatic carbocycles. The predicted octanol–water partition coefficient (Wildman–Crippen LogP) is 4.59. The first-order chi connectivity index (χ1) is 31.3. The normalized spacial score (nSPS) is 24.2. The van der Waals surface area contributed by atoms with Crippen LogP contribution in [0.25, 0.3) is 11.0 Å². The van der Waals surface area contributed by atoms with E-state index in [1.807, 2.05) is 18.2 Å². The first-order valence-corrected chi connectivity index (χ1v) is 24.2. The molecule has 4 aromatic rings. The van der Waals surface area contributed by atoms with Gasteiger partial charge >= 0.3 is 11.9 Å². The van der Waals surface area contributed by atoms with Crippen molar-refractivity contribution in [1.82, 2.24) is 34.0 Å². The molecule has 4 aliphatic rings. The fourth-order valence-corrected chi connectivity index (χ4v) is 11.2. The van der Waals surface area contributed by atoms with Crippen molar-refractivity contribution >= 4 is 56.0 Å². The summed E-state index contributed by atoms with van der Waals surface area (Å²) in [6.07, 6.45) is 1.21. The monoisotopic (exact) mass is 940 g/mol. The first kappa shape index (κ1) is 47.4. The van der Waals surface area contributed by atoms with Crippen LogP contribution in [0.4, 0.5) is 36.3 Å². The number of rotatable bonds is 13. The van der Waals surface area contributed by atoms with Gasteiger partial charge in [-0.25, -0.2) is 22.9 Å². The third-order valence-corrected chi connectivity index (χ3v) is 15.0. The van der Waals surface area contributed by atoms with Gasteiger partial charge in [0.2, 0.25) is 27.8 Å². The molecule has 0 radical (unpaired) electrons. The average molecular weight is 941 g/mol. The lowest BCUT2D eigenvalue weighted by Crippen LogP contribution is -2.48. The van der Waals surface area contributed by atoms with E-state index in [9.17, 15) is 41.1 Å². The number of carbonyl (C=O) groups is 2. The van der Waals surface area contributed by atoms with Crippen molar-refractivity contribution in [1.29, 1.82) is 0 Å². The van der Waals surface area contributed by atoms with E-state index in [0.717, 1.165) is 75.8 Å². The second-order valence-electron chi connectivity index (χ2n) is 18.7. The lowest BCUT2D eigenvalue weighted by atomic mass is 9.87. The Labute approximate surface area is 381 Å². The van der Waals surface area contributed by atoms with Crippen molar-refractivity contribution < 1.29 is 41.0 Å². The smallest absolute Gasteiger partial charge is 0.388 e. The van der Waals surface area contributed by atoms with Gasteiger partial charge < -0.3 is 25.0 Å². The summed E-state index contributed by atoms with van der Waals surface area (Å²) in [6, 6.07) is 8.94. The number of anilines is 4. The van der Waals surface area contributed by atoms with Crippen LogP contribution in [0.3, 0.4) is 0 Å². The van der Waals surface area contributed by atoms with Gasteiger partial charge in [0.05, 0.1) is 39.9 Å². The number of aryl methyl sites for hydroxylation is 2. The lowest BCUT2D eigenvalue weighted by Gasteiger charge is -2.39. The summed E-state index contributed by atoms with van der Waals surface area (Å²) >= 11 is 0. The molecule has 8 rings (SSSR count). The number of aromatic nitrogens is 4. The fourth-order valence-electron chi connectivity index (χ4n) is 9.91. The van der Waals surface area contributed by atoms with Crippen molar-refractivity contribution in [3.8, 4) is 0 Å². The number of hydrogen-bond donors (Lipinski definition) is 4. The number of fused-ring (bicyclic) bond motifs is 1. The molecular weight excluding hydrogens is 882 g/mol. The van der Waals surface area contributed by atoms with E-state index in [1.54, 1.807) is 32.4 Å². The SMILES string of the molecule is Cc1cc(S(=O)(=O)N[C@H](C)COC2CCC(CN3CCN(c4cccc5c4n(C)c(=O)n5C4CCC(=O)NC4=O)CC3)CC2)ccc1Nc1ncc(C(F)(F)F)c(N2CCC[C@](C)(O)C2)n1. The zero-order valence-corrected chi connectivity index (χ0v) is 38.6. The minimum Gasteiger partial charge on any atom is -0.388 e. The van der Waals surface area contributed by atoms with Crippen molar-refractivity contribution in [2.45, 2.75) is 107 Å². The number of amides is 2. The molecule has 1 unspecified atom stereocenters. The molecule has 5 heterocycles. The maximum atomic E-state index is 14.0. The molecule has 3 aliphatic heterocycles. The number of sulfonamides is 1. The molecule has 66 heavy (non-hydrogen) atoms. The van der Waals surface area contributed by atoms with Crippen LogP contribution in [0.2, 0.25) is 0 Å². The van der Waals surface area contributed by atoms with E-state index in [4.69, 9.17) is 4.74 Å². The maximum Gasteiger partial charge on any atom is 0.421 e. The summed E-state index contributed by atoms with van der Waals surface area (Å²) in [5.41, 5.74) is 0.874. The summed E-state index contributed by atoms with van der Waals surface area (Å²) in [6.45, 7) is 9.76. The number of benzene rings is 2. The first-order valence-electron chi connectivity index (χ1n) is 22.7. The van der Waals surface area contributed by atoms with Crippen LogP contribution < -0.4 is 30.8 Å². The van der Waals surface area contributed by atoms with Crippen LogP contribution in [0, 0.1) is 12.8 Å². The molecule has 21 heteroatoms. The lowest BCUT2D eigenvalue weighted by molar-refractivity contribution is -0.138. The van der Waals surface area contributed by atoms with Crippen molar-refractivity contribution in [3.63, 3.8) is 0 Å². The summed E-state index contributed by atoms with van der Waals surface area (Å²) in [7, 11) is -2.22. The molecule has 0 bridgehead atoms. The highest BCUT2D eigenvalue weighted by Gasteiger charge is 2.40. The Balaban J connectivity index is 0.793. The molecule has 3 atom stereocenters. The quantitative estimate of drug-likeness (QED) is 0.136. The highest BCUT2D eigenvalue weighted by molar-refractivity contribution is 7.89. The third-order valence-electron chi connectivity index (χ3n) is 13.4. The maximum absolute atomic E-state index is 14.0. The Morgan fingerprint density at radius 2 is 1.76 bits per heavy atom. The molecule has 4 N–H and O–H groups in total. The van der Waals surface area contributed by atoms with Gasteiger partial charge in [0, 0.05) is 77.2 Å². The summed E-state index contributed by atoms with van der Waals surface area (Å²) in [5.74, 6) is -0.690. The zero-order chi connectivity index (χ0) is 47.1. The predicted molar refractivity (Wildman–Crippen MR) is 242 cm³/mol. The molecule has 1 saturated carbocycles. The van der Waals surface area contributed by atoms with Gasteiger partial charge in [0.1, 0.15) is 17.4 Å². The minimum atomic E-state index is -4.71. The molecule has 358 valence electrons. The number of nitrogens with zero attached hydrogens (tertiary/aromatic N) is 7. The standard InChI is InChI=1S/C45H59F3N10O7S/c1-28-23-32(13-14-34(28)50-42-49-24-33(45(46,47)48)40(52-42)57-18-6-17-44(3,62)27-57)66(63,64)53-29(2)26-65-31-11-9-30(10-12-31)25-55-19-21-56(22-20-55)35-7-5-8-36-39(35)54(4)43(61)58(36)37-15-16-38(59)51-41(37)60/h5,7-8,13-14,23-24,29-31,37,53,62H,6,9-12,15-22,25-27H2,1-4H3,(H,49,50,52)(H,51,59,60)/t29-,30?,31?,37?,44+/m1/s1. The van der Waals surface area contributed by atoms with Crippen LogP contribution in [-0.4, -0.2) is 120 Å². The highest BCUT2D eigenvalue weighted by Crippen LogP contribution is 2.38. The molecular formula is C45H59F3N10O7S. The number of carbonyl (C=O) groups excluding carboxylic acids is 2. The Hall–Kier alpha value is -5.09. The average Bonchev–Trinajstić information content (AvgIpc) is 3.52. The topological polar surface area (TPSA) is 196 Å². The van der Waals surface area contributed by atoms with Crippen LogP contribution in [0.5, 0.6) is 0 Å². The molecule has 17 nitrogen and oxygen atoms in total. The molecule has 1 aliphatic carbocycles. The second kappa shape index (κ2) is 18.9. The third kappa shape index (κ3) is 10.4. The largest absolute Gasteiger partial charge is 0.421 e. The number of imidazole rings is 1. The van der Waals surface area contributed by atoms with Crippen molar-refractivity contribution in [2.24, 2.45) is 13.0 Å². The Morgan fingerprint density at radius 3 is 2.44 bits per heavy atom. The minimum absolute atomic E-state index is 0.0159. The summed E-state index contributed by atoms with van der Waals surface area (Å²) in [4.78, 5) is 52.3. The van der Waals surface area contributed by atoms with Crippen LogP contribution >= 0.6 is 0 Å².